The van der Waals surface area contributed by atoms with Gasteiger partial charge in [0.15, 0.2) is 0 Å². The molecule has 148 valence electrons. The Morgan fingerprint density at radius 3 is 2.39 bits per heavy atom. The van der Waals surface area contributed by atoms with Crippen LogP contribution in [0.1, 0.15) is 32.3 Å². The number of amides is 2. The quantitative estimate of drug-likeness (QED) is 0.377. The molecule has 0 aliphatic rings. The lowest BCUT2D eigenvalue weighted by molar-refractivity contribution is -0.384. The lowest BCUT2D eigenvalue weighted by Crippen LogP contribution is -2.22. The molecule has 0 fully saturated rings. The van der Waals surface area contributed by atoms with E-state index in [9.17, 15) is 19.7 Å². The van der Waals surface area contributed by atoms with Gasteiger partial charge in [0.1, 0.15) is 0 Å². The highest BCUT2D eigenvalue weighted by Gasteiger charge is 2.17. The van der Waals surface area contributed by atoms with Crippen LogP contribution in [0.25, 0.3) is 0 Å². The fourth-order valence-electron chi connectivity index (χ4n) is 2.46. The van der Waals surface area contributed by atoms with E-state index in [4.69, 9.17) is 0 Å². The van der Waals surface area contributed by atoms with Crippen molar-refractivity contribution in [1.29, 1.82) is 0 Å². The third-order valence-electron chi connectivity index (χ3n) is 3.98. The molecule has 7 nitrogen and oxygen atoms in total. The van der Waals surface area contributed by atoms with Gasteiger partial charge in [0.2, 0.25) is 11.8 Å². The molecule has 0 spiro atoms. The normalized spacial score (nSPS) is 11.5. The summed E-state index contributed by atoms with van der Waals surface area (Å²) in [5.41, 5.74) is 1.90. The molecule has 2 N–H and O–H groups in total. The molecule has 0 aliphatic carbocycles. The van der Waals surface area contributed by atoms with Crippen LogP contribution >= 0.6 is 11.8 Å². The lowest BCUT2D eigenvalue weighted by Gasteiger charge is -2.14. The van der Waals surface area contributed by atoms with E-state index in [0.717, 1.165) is 17.0 Å². The number of nitrogens with zero attached hydrogens (tertiary/aromatic N) is 1. The van der Waals surface area contributed by atoms with E-state index >= 15 is 0 Å². The molecule has 8 heteroatoms. The van der Waals surface area contributed by atoms with Gasteiger partial charge in [-0.1, -0.05) is 6.92 Å². The summed E-state index contributed by atoms with van der Waals surface area (Å²) < 4.78 is 0. The number of thioether (sulfide) groups is 1. The number of nitro benzene ring substituents is 1. The van der Waals surface area contributed by atoms with Gasteiger partial charge in [-0.05, 0) is 56.2 Å². The van der Waals surface area contributed by atoms with Gasteiger partial charge in [-0.15, -0.1) is 11.8 Å². The zero-order valence-electron chi connectivity index (χ0n) is 16.0. The Morgan fingerprint density at radius 2 is 1.82 bits per heavy atom. The van der Waals surface area contributed by atoms with Crippen molar-refractivity contribution in [3.05, 3.63) is 58.1 Å². The van der Waals surface area contributed by atoms with Crippen molar-refractivity contribution in [2.24, 2.45) is 0 Å². The zero-order valence-corrected chi connectivity index (χ0v) is 16.8. The van der Waals surface area contributed by atoms with Gasteiger partial charge in [0, 0.05) is 34.8 Å². The van der Waals surface area contributed by atoms with Crippen molar-refractivity contribution in [1.82, 2.24) is 0 Å². The van der Waals surface area contributed by atoms with Crippen molar-refractivity contribution >= 4 is 40.6 Å². The van der Waals surface area contributed by atoms with Gasteiger partial charge >= 0.3 is 0 Å². The molecule has 1 atom stereocenters. The summed E-state index contributed by atoms with van der Waals surface area (Å²) in [5, 5.41) is 16.1. The second-order valence-corrected chi connectivity index (χ2v) is 7.74. The summed E-state index contributed by atoms with van der Waals surface area (Å²) in [6, 6.07) is 11.7. The molecule has 0 radical (unpaired) electrons. The first-order valence-electron chi connectivity index (χ1n) is 8.92. The van der Waals surface area contributed by atoms with Crippen LogP contribution in [0.15, 0.2) is 47.4 Å². The molecule has 0 bridgehead atoms. The Bertz CT molecular complexity index is 868. The van der Waals surface area contributed by atoms with Crippen molar-refractivity contribution in [3.8, 4) is 0 Å². The van der Waals surface area contributed by atoms with Gasteiger partial charge in [-0.2, -0.15) is 0 Å². The average Bonchev–Trinajstić information content (AvgIpc) is 2.64. The number of nitrogens with one attached hydrogen (secondary N) is 2. The number of non-ortho nitro benzene ring substituents is 1. The minimum atomic E-state index is -0.467. The van der Waals surface area contributed by atoms with Crippen molar-refractivity contribution < 1.29 is 14.5 Å². The van der Waals surface area contributed by atoms with Crippen molar-refractivity contribution in [3.63, 3.8) is 0 Å². The van der Waals surface area contributed by atoms with Gasteiger partial charge in [0.05, 0.1) is 10.2 Å². The first-order valence-corrected chi connectivity index (χ1v) is 9.80. The number of carbonyl (C=O) groups excluding carboxylic acids is 2. The summed E-state index contributed by atoms with van der Waals surface area (Å²) in [4.78, 5) is 35.3. The Hall–Kier alpha value is -2.87. The minimum Gasteiger partial charge on any atom is -0.326 e. The second kappa shape index (κ2) is 9.89. The smallest absolute Gasteiger partial charge is 0.269 e. The molecule has 0 heterocycles. The van der Waals surface area contributed by atoms with E-state index in [-0.39, 0.29) is 22.8 Å². The van der Waals surface area contributed by atoms with Crippen molar-refractivity contribution in [2.45, 2.75) is 43.8 Å². The Kier molecular flexibility index (Phi) is 7.57. The van der Waals surface area contributed by atoms with Crippen LogP contribution in [0.4, 0.5) is 17.1 Å². The fourth-order valence-corrected chi connectivity index (χ4v) is 3.33. The predicted molar refractivity (Wildman–Crippen MR) is 112 cm³/mol. The van der Waals surface area contributed by atoms with E-state index in [1.54, 1.807) is 26.0 Å². The molecule has 0 aromatic heterocycles. The number of hydrogen-bond donors (Lipinski definition) is 2. The molecule has 2 aromatic rings. The summed E-state index contributed by atoms with van der Waals surface area (Å²) in [6.45, 7) is 5.45. The van der Waals surface area contributed by atoms with Gasteiger partial charge in [0.25, 0.3) is 5.69 Å². The molecule has 1 unspecified atom stereocenters. The molecule has 2 rings (SSSR count). The van der Waals surface area contributed by atoms with E-state index in [1.807, 2.05) is 19.1 Å². The third-order valence-corrected chi connectivity index (χ3v) is 5.09. The lowest BCUT2D eigenvalue weighted by atomic mass is 10.2. The van der Waals surface area contributed by atoms with Crippen LogP contribution < -0.4 is 10.6 Å². The molecular weight excluding hydrogens is 378 g/mol. The summed E-state index contributed by atoms with van der Waals surface area (Å²) >= 11 is 1.39. The third kappa shape index (κ3) is 6.09. The number of rotatable bonds is 8. The van der Waals surface area contributed by atoms with Crippen LogP contribution in [0.2, 0.25) is 0 Å². The van der Waals surface area contributed by atoms with Crippen LogP contribution in [0, 0.1) is 17.0 Å². The van der Waals surface area contributed by atoms with Gasteiger partial charge in [-0.25, -0.2) is 0 Å². The monoisotopic (exact) mass is 401 g/mol. The molecular formula is C20H23N3O4S. The minimum absolute atomic E-state index is 0.0101. The van der Waals surface area contributed by atoms with Crippen LogP contribution in [-0.2, 0) is 9.59 Å². The highest BCUT2D eigenvalue weighted by atomic mass is 32.2. The second-order valence-electron chi connectivity index (χ2n) is 6.33. The van der Waals surface area contributed by atoms with E-state index in [1.165, 1.54) is 30.0 Å². The Balaban J connectivity index is 1.95. The number of hydrogen-bond acceptors (Lipinski definition) is 5. The molecule has 2 aromatic carbocycles. The number of benzene rings is 2. The Labute approximate surface area is 168 Å². The van der Waals surface area contributed by atoms with E-state index in [0.29, 0.717) is 17.7 Å². The zero-order chi connectivity index (χ0) is 20.7. The maximum Gasteiger partial charge on any atom is 0.269 e. The molecule has 0 aliphatic heterocycles. The summed E-state index contributed by atoms with van der Waals surface area (Å²) in [7, 11) is 0. The van der Waals surface area contributed by atoms with Crippen LogP contribution in [0.5, 0.6) is 0 Å². The van der Waals surface area contributed by atoms with E-state index in [2.05, 4.69) is 10.6 Å². The van der Waals surface area contributed by atoms with Gasteiger partial charge < -0.3 is 10.6 Å². The molecule has 0 saturated heterocycles. The first-order chi connectivity index (χ1) is 13.3. The molecule has 0 saturated carbocycles. The number of carbonyl (C=O) groups is 2. The van der Waals surface area contributed by atoms with Gasteiger partial charge in [-0.3, -0.25) is 19.7 Å². The maximum absolute atomic E-state index is 12.4. The number of anilines is 2. The Morgan fingerprint density at radius 1 is 1.14 bits per heavy atom. The SMILES string of the molecule is CCCC(=O)Nc1ccc(SC(C)C(=O)Nc2ccc([N+](=O)[O-])cc2C)cc1. The highest BCUT2D eigenvalue weighted by Crippen LogP contribution is 2.27. The first kappa shape index (κ1) is 21.4. The fraction of sp³-hybridized carbons (Fsp3) is 0.300. The van der Waals surface area contributed by atoms with Crippen LogP contribution in [-0.4, -0.2) is 22.0 Å². The predicted octanol–water partition coefficient (Wildman–Crippen LogP) is 4.76. The molecule has 2 amide bonds. The topological polar surface area (TPSA) is 101 Å². The number of nitro groups is 1. The molecule has 28 heavy (non-hydrogen) atoms. The standard InChI is InChI=1S/C20H23N3O4S/c1-4-5-19(24)21-15-6-9-17(10-7-15)28-14(3)20(25)22-18-11-8-16(23(26)27)12-13(18)2/h6-12,14H,4-5H2,1-3H3,(H,21,24)(H,22,25). The highest BCUT2D eigenvalue weighted by molar-refractivity contribution is 8.00. The average molecular weight is 401 g/mol. The van der Waals surface area contributed by atoms with E-state index < -0.39 is 4.92 Å². The maximum atomic E-state index is 12.4. The van der Waals surface area contributed by atoms with Crippen LogP contribution in [0.3, 0.4) is 0 Å². The summed E-state index contributed by atoms with van der Waals surface area (Å²) in [5.74, 6) is -0.212. The summed E-state index contributed by atoms with van der Waals surface area (Å²) in [6.07, 6.45) is 1.27. The largest absolute Gasteiger partial charge is 0.326 e. The number of aryl methyl sites for hydroxylation is 1. The van der Waals surface area contributed by atoms with Crippen molar-refractivity contribution in [2.75, 3.05) is 10.6 Å².